The van der Waals surface area contributed by atoms with Crippen LogP contribution >= 0.6 is 15.9 Å². The van der Waals surface area contributed by atoms with Crippen LogP contribution in [0.2, 0.25) is 0 Å². The first-order valence-electron chi connectivity index (χ1n) is 4.25. The molecule has 0 unspecified atom stereocenters. The summed E-state index contributed by atoms with van der Waals surface area (Å²) in [5, 5.41) is 0.722. The summed E-state index contributed by atoms with van der Waals surface area (Å²) in [5.74, 6) is 0. The van der Waals surface area contributed by atoms with Crippen molar-refractivity contribution < 1.29 is 8.42 Å². The molecule has 1 atom stereocenters. The minimum absolute atomic E-state index is 0.132. The van der Waals surface area contributed by atoms with E-state index in [0.29, 0.717) is 6.54 Å². The van der Waals surface area contributed by atoms with Crippen molar-refractivity contribution in [2.75, 3.05) is 26.0 Å². The van der Waals surface area contributed by atoms with Crippen LogP contribution in [0, 0.1) is 0 Å². The first kappa shape index (κ1) is 11.4. The minimum atomic E-state index is -3.20. The fourth-order valence-corrected chi connectivity index (χ4v) is 3.68. The Labute approximate surface area is 88.2 Å². The molecule has 6 heteroatoms. The minimum Gasteiger partial charge on any atom is -0.195 e. The average Bonchev–Trinajstić information content (AvgIpc) is 2.51. The number of hydrogen-bond donors (Lipinski definition) is 0. The Hall–Kier alpha value is 0.350. The zero-order chi connectivity index (χ0) is 10.1. The van der Waals surface area contributed by atoms with Gasteiger partial charge in [-0.25, -0.2) is 0 Å². The van der Waals surface area contributed by atoms with E-state index in [9.17, 15) is 8.42 Å². The van der Waals surface area contributed by atoms with Crippen LogP contribution in [0.15, 0.2) is 0 Å². The zero-order valence-corrected chi connectivity index (χ0v) is 10.3. The molecule has 0 aromatic heterocycles. The van der Waals surface area contributed by atoms with Gasteiger partial charge in [-0.05, 0) is 12.8 Å². The highest BCUT2D eigenvalue weighted by Crippen LogP contribution is 2.23. The van der Waals surface area contributed by atoms with Crippen molar-refractivity contribution in [1.82, 2.24) is 8.61 Å². The second-order valence-corrected chi connectivity index (χ2v) is 6.09. The Balaban J connectivity index is 2.82. The quantitative estimate of drug-likeness (QED) is 0.707. The molecule has 1 aliphatic heterocycles. The summed E-state index contributed by atoms with van der Waals surface area (Å²) in [6.45, 7) is 0.650. The van der Waals surface area contributed by atoms with Crippen molar-refractivity contribution in [2.24, 2.45) is 0 Å². The number of rotatable bonds is 3. The number of halogens is 1. The molecule has 1 rings (SSSR count). The molecule has 0 radical (unpaired) electrons. The van der Waals surface area contributed by atoms with Crippen LogP contribution in [0.5, 0.6) is 0 Å². The Kier molecular flexibility index (Phi) is 3.73. The molecule has 1 heterocycles. The largest absolute Gasteiger partial charge is 0.281 e. The van der Waals surface area contributed by atoms with Gasteiger partial charge in [-0.3, -0.25) is 0 Å². The maximum atomic E-state index is 11.7. The van der Waals surface area contributed by atoms with E-state index < -0.39 is 10.2 Å². The Morgan fingerprint density at radius 2 is 2.15 bits per heavy atom. The lowest BCUT2D eigenvalue weighted by Gasteiger charge is -2.25. The first-order valence-corrected chi connectivity index (χ1v) is 6.77. The summed E-state index contributed by atoms with van der Waals surface area (Å²) in [6.07, 6.45) is 1.92. The fraction of sp³-hybridized carbons (Fsp3) is 1.00. The van der Waals surface area contributed by atoms with E-state index in [4.69, 9.17) is 0 Å². The van der Waals surface area contributed by atoms with Gasteiger partial charge >= 0.3 is 0 Å². The van der Waals surface area contributed by atoms with Crippen LogP contribution in [0.1, 0.15) is 12.8 Å². The van der Waals surface area contributed by atoms with Crippen molar-refractivity contribution in [3.05, 3.63) is 0 Å². The molecule has 0 aromatic rings. The van der Waals surface area contributed by atoms with Gasteiger partial charge in [0.2, 0.25) is 0 Å². The van der Waals surface area contributed by atoms with Gasteiger partial charge in [0.1, 0.15) is 0 Å². The lowest BCUT2D eigenvalue weighted by Crippen LogP contribution is -2.43. The topological polar surface area (TPSA) is 40.6 Å². The van der Waals surface area contributed by atoms with Crippen molar-refractivity contribution in [2.45, 2.75) is 18.9 Å². The van der Waals surface area contributed by atoms with Crippen LogP contribution in [0.4, 0.5) is 0 Å². The summed E-state index contributed by atoms with van der Waals surface area (Å²) in [7, 11) is -0.0644. The third-order valence-electron chi connectivity index (χ3n) is 2.26. The summed E-state index contributed by atoms with van der Waals surface area (Å²) in [4.78, 5) is 0. The maximum Gasteiger partial charge on any atom is 0.281 e. The van der Waals surface area contributed by atoms with E-state index in [1.54, 1.807) is 18.4 Å². The van der Waals surface area contributed by atoms with Gasteiger partial charge in [0.15, 0.2) is 0 Å². The molecule has 1 aliphatic rings. The fourth-order valence-electron chi connectivity index (χ4n) is 1.48. The Bertz CT molecular complexity index is 266. The van der Waals surface area contributed by atoms with Gasteiger partial charge in [-0.2, -0.15) is 17.0 Å². The molecular weight excluding hydrogens is 256 g/mol. The summed E-state index contributed by atoms with van der Waals surface area (Å²) in [5.41, 5.74) is 0. The third-order valence-corrected chi connectivity index (χ3v) is 5.00. The average molecular weight is 271 g/mol. The molecule has 4 nitrogen and oxygen atoms in total. The molecule has 0 aliphatic carbocycles. The van der Waals surface area contributed by atoms with Crippen molar-refractivity contribution in [3.8, 4) is 0 Å². The Morgan fingerprint density at radius 1 is 1.54 bits per heavy atom. The molecular formula is C7H15BrN2O2S. The lowest BCUT2D eigenvalue weighted by molar-refractivity contribution is 0.376. The van der Waals surface area contributed by atoms with Gasteiger partial charge in [0, 0.05) is 32.0 Å². The molecule has 0 saturated carbocycles. The normalized spacial score (nSPS) is 25.7. The van der Waals surface area contributed by atoms with Gasteiger partial charge in [0.05, 0.1) is 0 Å². The molecule has 0 N–H and O–H groups in total. The van der Waals surface area contributed by atoms with E-state index in [1.807, 2.05) is 0 Å². The van der Waals surface area contributed by atoms with Crippen LogP contribution in [0.25, 0.3) is 0 Å². The molecule has 0 bridgehead atoms. The van der Waals surface area contributed by atoms with Crippen molar-refractivity contribution in [3.63, 3.8) is 0 Å². The molecule has 1 saturated heterocycles. The zero-order valence-electron chi connectivity index (χ0n) is 7.90. The van der Waals surface area contributed by atoms with E-state index >= 15 is 0 Å². The van der Waals surface area contributed by atoms with Gasteiger partial charge in [-0.15, -0.1) is 0 Å². The molecule has 1 fully saturated rings. The standard InChI is InChI=1S/C7H15BrN2O2S/c1-9(2)13(11,12)10-5-3-4-7(10)6-8/h7H,3-6H2,1-2H3/t7-/m0/s1. The van der Waals surface area contributed by atoms with E-state index in [-0.39, 0.29) is 6.04 Å². The summed E-state index contributed by atoms with van der Waals surface area (Å²) >= 11 is 3.33. The van der Waals surface area contributed by atoms with Gasteiger partial charge in [-0.1, -0.05) is 15.9 Å². The van der Waals surface area contributed by atoms with Crippen LogP contribution in [0.3, 0.4) is 0 Å². The third kappa shape index (κ3) is 2.23. The Morgan fingerprint density at radius 3 is 2.62 bits per heavy atom. The number of hydrogen-bond acceptors (Lipinski definition) is 2. The second kappa shape index (κ2) is 4.25. The molecule has 0 spiro atoms. The lowest BCUT2D eigenvalue weighted by atomic mass is 10.3. The highest BCUT2D eigenvalue weighted by Gasteiger charge is 2.34. The van der Waals surface area contributed by atoms with Crippen molar-refractivity contribution in [1.29, 1.82) is 0 Å². The SMILES string of the molecule is CN(C)S(=O)(=O)N1CCC[C@H]1CBr. The summed E-state index contributed by atoms with van der Waals surface area (Å²) in [6, 6.07) is 0.132. The van der Waals surface area contributed by atoms with Crippen LogP contribution < -0.4 is 0 Å². The predicted octanol–water partition coefficient (Wildman–Crippen LogP) is 0.652. The second-order valence-electron chi connectivity index (χ2n) is 3.35. The van der Waals surface area contributed by atoms with Crippen molar-refractivity contribution >= 4 is 26.1 Å². The monoisotopic (exact) mass is 270 g/mol. The number of alkyl halides is 1. The van der Waals surface area contributed by atoms with E-state index in [0.717, 1.165) is 18.2 Å². The van der Waals surface area contributed by atoms with Gasteiger partial charge in [0.25, 0.3) is 10.2 Å². The highest BCUT2D eigenvalue weighted by molar-refractivity contribution is 9.09. The highest BCUT2D eigenvalue weighted by atomic mass is 79.9. The number of nitrogens with zero attached hydrogens (tertiary/aromatic N) is 2. The van der Waals surface area contributed by atoms with Crippen LogP contribution in [-0.2, 0) is 10.2 Å². The molecule has 78 valence electrons. The predicted molar refractivity (Wildman–Crippen MR) is 56.1 cm³/mol. The molecule has 13 heavy (non-hydrogen) atoms. The van der Waals surface area contributed by atoms with Crippen LogP contribution in [-0.4, -0.2) is 49.0 Å². The first-order chi connectivity index (χ1) is 6.00. The smallest absolute Gasteiger partial charge is 0.195 e. The maximum absolute atomic E-state index is 11.7. The van der Waals surface area contributed by atoms with E-state index in [2.05, 4.69) is 15.9 Å². The molecule has 0 aromatic carbocycles. The molecule has 0 amide bonds. The van der Waals surface area contributed by atoms with Gasteiger partial charge < -0.3 is 0 Å². The summed E-state index contributed by atoms with van der Waals surface area (Å²) < 4.78 is 26.3. The van der Waals surface area contributed by atoms with E-state index in [1.165, 1.54) is 4.31 Å².